The quantitative estimate of drug-likeness (QED) is 0.377. The first-order valence-electron chi connectivity index (χ1n) is 9.55. The number of H-pyrrole nitrogens is 1. The maximum atomic E-state index is 12.6. The molecule has 0 unspecified atom stereocenters. The molecule has 1 aliphatic rings. The fourth-order valence-corrected chi connectivity index (χ4v) is 4.30. The molecular weight excluding hydrogens is 523 g/mol. The fourth-order valence-electron chi connectivity index (χ4n) is 3.39. The number of rotatable bonds is 6. The first-order valence-corrected chi connectivity index (χ1v) is 11.1. The minimum Gasteiger partial charge on any atom is -0.482 e. The van der Waals surface area contributed by atoms with E-state index in [1.54, 1.807) is 4.90 Å². The van der Waals surface area contributed by atoms with Crippen molar-refractivity contribution in [2.24, 2.45) is 0 Å². The Morgan fingerprint density at radius 1 is 1.19 bits per heavy atom. The molecule has 3 heterocycles. The largest absolute Gasteiger partial charge is 0.482 e. The van der Waals surface area contributed by atoms with Crippen molar-refractivity contribution in [3.05, 3.63) is 51.3 Å². The number of hydrogen-bond donors (Lipinski definition) is 1. The SMILES string of the molecule is C=CC(=O)c1ccc(OCC(=O)N2CCN(c3ncnc4n[nH]c(Br)c34)CC2)c(Cl)c1Cl. The van der Waals surface area contributed by atoms with E-state index < -0.39 is 0 Å². The molecule has 1 aromatic carbocycles. The number of carbonyl (C=O) groups is 2. The summed E-state index contributed by atoms with van der Waals surface area (Å²) in [4.78, 5) is 36.8. The van der Waals surface area contributed by atoms with Gasteiger partial charge < -0.3 is 14.5 Å². The first kappa shape index (κ1) is 22.5. The summed E-state index contributed by atoms with van der Waals surface area (Å²) in [5.74, 6) is 0.466. The molecule has 0 aliphatic carbocycles. The average Bonchev–Trinajstić information content (AvgIpc) is 3.20. The van der Waals surface area contributed by atoms with Crippen LogP contribution in [-0.2, 0) is 4.79 Å². The summed E-state index contributed by atoms with van der Waals surface area (Å²) in [5.41, 5.74) is 0.801. The maximum Gasteiger partial charge on any atom is 0.260 e. The van der Waals surface area contributed by atoms with Crippen LogP contribution >= 0.6 is 39.1 Å². The number of carbonyl (C=O) groups excluding carboxylic acids is 2. The molecule has 1 amide bonds. The Balaban J connectivity index is 1.37. The number of piperazine rings is 1. The number of halogens is 3. The van der Waals surface area contributed by atoms with Gasteiger partial charge in [0.05, 0.1) is 10.4 Å². The van der Waals surface area contributed by atoms with Crippen LogP contribution < -0.4 is 9.64 Å². The molecule has 1 fully saturated rings. The van der Waals surface area contributed by atoms with Crippen LogP contribution in [0.3, 0.4) is 0 Å². The van der Waals surface area contributed by atoms with Gasteiger partial charge in [0.2, 0.25) is 0 Å². The molecule has 0 radical (unpaired) electrons. The lowest BCUT2D eigenvalue weighted by atomic mass is 10.1. The van der Waals surface area contributed by atoms with Crippen LogP contribution in [0.2, 0.25) is 10.0 Å². The topological polar surface area (TPSA) is 104 Å². The average molecular weight is 540 g/mol. The van der Waals surface area contributed by atoms with Crippen molar-refractivity contribution in [3.63, 3.8) is 0 Å². The number of allylic oxidation sites excluding steroid dienone is 1. The highest BCUT2D eigenvalue weighted by Gasteiger charge is 2.25. The van der Waals surface area contributed by atoms with Gasteiger partial charge in [-0.1, -0.05) is 29.8 Å². The molecule has 0 saturated carbocycles. The number of aromatic amines is 1. The zero-order chi connectivity index (χ0) is 22.8. The molecular formula is C20H17BrCl2N6O3. The van der Waals surface area contributed by atoms with Crippen molar-refractivity contribution in [1.29, 1.82) is 0 Å². The van der Waals surface area contributed by atoms with Gasteiger partial charge in [-0.25, -0.2) is 9.97 Å². The number of amides is 1. The number of aromatic nitrogens is 4. The number of anilines is 1. The smallest absolute Gasteiger partial charge is 0.260 e. The van der Waals surface area contributed by atoms with Crippen molar-refractivity contribution < 1.29 is 14.3 Å². The van der Waals surface area contributed by atoms with Crippen molar-refractivity contribution in [1.82, 2.24) is 25.1 Å². The third-order valence-electron chi connectivity index (χ3n) is 5.07. The summed E-state index contributed by atoms with van der Waals surface area (Å²) in [6, 6.07) is 3.01. The van der Waals surface area contributed by atoms with E-state index in [-0.39, 0.29) is 39.7 Å². The molecule has 1 saturated heterocycles. The van der Waals surface area contributed by atoms with Crippen LogP contribution in [0, 0.1) is 0 Å². The summed E-state index contributed by atoms with van der Waals surface area (Å²) in [6.45, 7) is 5.44. The van der Waals surface area contributed by atoms with Crippen LogP contribution in [0.1, 0.15) is 10.4 Å². The predicted molar refractivity (Wildman–Crippen MR) is 125 cm³/mol. The molecule has 32 heavy (non-hydrogen) atoms. The number of ether oxygens (including phenoxy) is 1. The lowest BCUT2D eigenvalue weighted by Crippen LogP contribution is -2.50. The van der Waals surface area contributed by atoms with Crippen LogP contribution in [0.4, 0.5) is 5.82 Å². The molecule has 2 aromatic heterocycles. The van der Waals surface area contributed by atoms with Crippen molar-refractivity contribution >= 4 is 67.7 Å². The van der Waals surface area contributed by atoms with Crippen molar-refractivity contribution in [2.75, 3.05) is 37.7 Å². The molecule has 0 atom stereocenters. The van der Waals surface area contributed by atoms with Gasteiger partial charge in [-0.05, 0) is 34.1 Å². The lowest BCUT2D eigenvalue weighted by Gasteiger charge is -2.35. The van der Waals surface area contributed by atoms with E-state index in [0.717, 1.165) is 17.3 Å². The van der Waals surface area contributed by atoms with Crippen LogP contribution in [0.15, 0.2) is 35.7 Å². The molecule has 1 aliphatic heterocycles. The number of fused-ring (bicyclic) bond motifs is 1. The number of benzene rings is 1. The van der Waals surface area contributed by atoms with Gasteiger partial charge >= 0.3 is 0 Å². The molecule has 12 heteroatoms. The molecule has 0 spiro atoms. The van der Waals surface area contributed by atoms with E-state index in [1.165, 1.54) is 18.5 Å². The number of nitrogens with zero attached hydrogens (tertiary/aromatic N) is 5. The summed E-state index contributed by atoms with van der Waals surface area (Å²) in [6.07, 6.45) is 2.62. The Bertz CT molecular complexity index is 1210. The van der Waals surface area contributed by atoms with E-state index in [9.17, 15) is 9.59 Å². The van der Waals surface area contributed by atoms with Crippen molar-refractivity contribution in [2.45, 2.75) is 0 Å². The normalized spacial score (nSPS) is 14.0. The minimum atomic E-state index is -0.346. The summed E-state index contributed by atoms with van der Waals surface area (Å²) in [7, 11) is 0. The molecule has 9 nitrogen and oxygen atoms in total. The molecule has 166 valence electrons. The number of hydrogen-bond acceptors (Lipinski definition) is 7. The third kappa shape index (κ3) is 4.30. The van der Waals surface area contributed by atoms with E-state index in [2.05, 4.69) is 47.6 Å². The van der Waals surface area contributed by atoms with Gasteiger partial charge in [0.25, 0.3) is 5.91 Å². The highest BCUT2D eigenvalue weighted by molar-refractivity contribution is 9.10. The Kier molecular flexibility index (Phi) is 6.63. The van der Waals surface area contributed by atoms with Gasteiger partial charge in [0, 0.05) is 31.7 Å². The first-order chi connectivity index (χ1) is 15.4. The minimum absolute atomic E-state index is 0.0664. The Morgan fingerprint density at radius 3 is 2.66 bits per heavy atom. The molecule has 4 rings (SSSR count). The predicted octanol–water partition coefficient (Wildman–Crippen LogP) is 3.52. The highest BCUT2D eigenvalue weighted by atomic mass is 79.9. The van der Waals surface area contributed by atoms with Crippen LogP contribution in [-0.4, -0.2) is 69.5 Å². The molecule has 0 bridgehead atoms. The van der Waals surface area contributed by atoms with E-state index in [4.69, 9.17) is 27.9 Å². The molecule has 1 N–H and O–H groups in total. The van der Waals surface area contributed by atoms with Gasteiger partial charge in [0.15, 0.2) is 18.0 Å². The second-order valence-corrected chi connectivity index (χ2v) is 8.45. The number of ketones is 1. The van der Waals surface area contributed by atoms with E-state index in [0.29, 0.717) is 36.4 Å². The van der Waals surface area contributed by atoms with Crippen LogP contribution in [0.5, 0.6) is 5.75 Å². The van der Waals surface area contributed by atoms with Crippen molar-refractivity contribution in [3.8, 4) is 5.75 Å². The standard InChI is InChI=1S/C20H17BrCl2N6O3/c1-2-12(30)11-3-4-13(17(23)16(11)22)32-9-14(31)28-5-7-29(8-6-28)20-15-18(21)26-27-19(15)24-10-25-20/h2-4,10H,1,5-9H2,(H,24,25,26,27). The maximum absolute atomic E-state index is 12.6. The van der Waals surface area contributed by atoms with Gasteiger partial charge in [0.1, 0.15) is 27.5 Å². The Hall–Kier alpha value is -2.69. The monoisotopic (exact) mass is 538 g/mol. The second-order valence-electron chi connectivity index (χ2n) is 6.90. The Labute approximate surface area is 201 Å². The zero-order valence-electron chi connectivity index (χ0n) is 16.6. The highest BCUT2D eigenvalue weighted by Crippen LogP contribution is 2.35. The summed E-state index contributed by atoms with van der Waals surface area (Å²) >= 11 is 15.8. The fraction of sp³-hybridized carbons (Fsp3) is 0.250. The molecule has 3 aromatic rings. The van der Waals surface area contributed by atoms with Gasteiger partial charge in [-0.2, -0.15) is 5.10 Å². The third-order valence-corrected chi connectivity index (χ3v) is 6.51. The van der Waals surface area contributed by atoms with E-state index >= 15 is 0 Å². The summed E-state index contributed by atoms with van der Waals surface area (Å²) < 4.78 is 6.29. The summed E-state index contributed by atoms with van der Waals surface area (Å²) in [5, 5.41) is 7.93. The second kappa shape index (κ2) is 9.43. The van der Waals surface area contributed by atoms with Gasteiger partial charge in [-0.3, -0.25) is 14.7 Å². The van der Waals surface area contributed by atoms with E-state index in [1.807, 2.05) is 0 Å². The Morgan fingerprint density at radius 2 is 1.94 bits per heavy atom. The number of nitrogens with one attached hydrogen (secondary N) is 1. The van der Waals surface area contributed by atoms with Crippen LogP contribution in [0.25, 0.3) is 11.0 Å². The zero-order valence-corrected chi connectivity index (χ0v) is 19.7. The lowest BCUT2D eigenvalue weighted by molar-refractivity contribution is -0.133. The van der Waals surface area contributed by atoms with Gasteiger partial charge in [-0.15, -0.1) is 0 Å².